The Bertz CT molecular complexity index is 1350. The van der Waals surface area contributed by atoms with Gasteiger partial charge in [0.25, 0.3) is 0 Å². The summed E-state index contributed by atoms with van der Waals surface area (Å²) < 4.78 is 14.2. The number of rotatable bonds is 7. The molecule has 2 aliphatic rings. The molecule has 0 spiro atoms. The third kappa shape index (κ3) is 4.28. The molecule has 2 N–H and O–H groups in total. The first-order valence-corrected chi connectivity index (χ1v) is 14.2. The van der Waals surface area contributed by atoms with Gasteiger partial charge in [-0.25, -0.2) is 9.97 Å². The predicted octanol–water partition coefficient (Wildman–Crippen LogP) is 6.82. The molecule has 188 valence electrons. The second-order valence-electron chi connectivity index (χ2n) is 10.0. The maximum Gasteiger partial charge on any atom is 0.225 e. The number of aromatic nitrogens is 3. The van der Waals surface area contributed by atoms with Crippen molar-refractivity contribution in [3.05, 3.63) is 52.3 Å². The monoisotopic (exact) mass is 521 g/mol. The molecule has 0 amide bonds. The van der Waals surface area contributed by atoms with Crippen LogP contribution in [-0.2, 0) is 16.0 Å². The number of nitrogens with zero attached hydrogens (tertiary/aromatic N) is 3. The van der Waals surface area contributed by atoms with Crippen LogP contribution in [-0.4, -0.2) is 32.6 Å². The third-order valence-electron chi connectivity index (χ3n) is 7.07. The van der Waals surface area contributed by atoms with E-state index in [4.69, 9.17) is 24.4 Å². The van der Waals surface area contributed by atoms with E-state index in [1.165, 1.54) is 4.88 Å². The third-order valence-corrected chi connectivity index (χ3v) is 9.00. The summed E-state index contributed by atoms with van der Waals surface area (Å²) >= 11 is 3.37. The second kappa shape index (κ2) is 9.06. The van der Waals surface area contributed by atoms with Crippen molar-refractivity contribution in [3.63, 3.8) is 0 Å². The maximum atomic E-state index is 6.62. The van der Waals surface area contributed by atoms with Gasteiger partial charge < -0.3 is 20.1 Å². The lowest BCUT2D eigenvalue weighted by Gasteiger charge is -2.31. The Morgan fingerprint density at radius 3 is 2.75 bits per heavy atom. The first kappa shape index (κ1) is 23.8. The van der Waals surface area contributed by atoms with Gasteiger partial charge in [0.05, 0.1) is 28.0 Å². The van der Waals surface area contributed by atoms with Gasteiger partial charge in [-0.15, -0.1) is 22.7 Å². The summed E-state index contributed by atoms with van der Waals surface area (Å²) in [4.78, 5) is 16.0. The molecule has 6 rings (SSSR count). The summed E-state index contributed by atoms with van der Waals surface area (Å²) in [5, 5.41) is 10.1. The Labute approximate surface area is 219 Å². The smallest absolute Gasteiger partial charge is 0.225 e. The number of benzene rings is 1. The van der Waals surface area contributed by atoms with Crippen LogP contribution in [0, 0.1) is 12.8 Å². The summed E-state index contributed by atoms with van der Waals surface area (Å²) in [6.45, 7) is 8.92. The average Bonchev–Trinajstić information content (AvgIpc) is 3.60. The van der Waals surface area contributed by atoms with Crippen LogP contribution in [0.2, 0.25) is 0 Å². The molecule has 4 aromatic rings. The minimum absolute atomic E-state index is 0.0430. The summed E-state index contributed by atoms with van der Waals surface area (Å²) in [7, 11) is 0. The first-order chi connectivity index (χ1) is 17.4. The Morgan fingerprint density at radius 2 is 1.97 bits per heavy atom. The molecule has 1 saturated carbocycles. The lowest BCUT2D eigenvalue weighted by Crippen LogP contribution is -2.46. The zero-order chi connectivity index (χ0) is 24.9. The molecule has 3 atom stereocenters. The molecular formula is C27H31N5O2S2. The molecule has 0 bridgehead atoms. The molecule has 1 aromatic carbocycles. The Hall–Kier alpha value is -2.59. The van der Waals surface area contributed by atoms with E-state index in [1.54, 1.807) is 22.7 Å². The minimum Gasteiger partial charge on any atom is -0.349 e. The molecular weight excluding hydrogens is 490 g/mol. The van der Waals surface area contributed by atoms with Gasteiger partial charge in [-0.05, 0) is 63.1 Å². The molecule has 3 aromatic heterocycles. The zero-order valence-corrected chi connectivity index (χ0v) is 22.6. The van der Waals surface area contributed by atoms with E-state index in [9.17, 15) is 0 Å². The standard InChI is InChI=1S/C27H31N5O2S2/c1-5-17-12-13-27(22(17)33-26(3,4)34-27)32-23-21(24-30-19-10-6-7-11-20(19)36-24)16(2)29-25(31-23)28-15-18-9-8-14-35-18/h6-11,14,17,22H,5,12-13,15H2,1-4H3,(H2,28,29,31,32). The van der Waals surface area contributed by atoms with Gasteiger partial charge in [-0.2, -0.15) is 4.98 Å². The van der Waals surface area contributed by atoms with Crippen LogP contribution >= 0.6 is 22.7 Å². The van der Waals surface area contributed by atoms with Gasteiger partial charge in [-0.1, -0.05) is 31.5 Å². The van der Waals surface area contributed by atoms with E-state index < -0.39 is 11.5 Å². The van der Waals surface area contributed by atoms with Gasteiger partial charge in [-0.3, -0.25) is 0 Å². The van der Waals surface area contributed by atoms with Crippen LogP contribution in [0.25, 0.3) is 20.8 Å². The summed E-state index contributed by atoms with van der Waals surface area (Å²) in [5.74, 6) is 1.09. The van der Waals surface area contributed by atoms with Crippen molar-refractivity contribution in [3.8, 4) is 10.6 Å². The molecule has 9 heteroatoms. The molecule has 36 heavy (non-hydrogen) atoms. The van der Waals surface area contributed by atoms with E-state index in [0.717, 1.165) is 51.6 Å². The fourth-order valence-corrected chi connectivity index (χ4v) is 7.19. The Kier molecular flexibility index (Phi) is 5.99. The number of para-hydroxylation sites is 1. The molecule has 4 heterocycles. The van der Waals surface area contributed by atoms with Crippen molar-refractivity contribution >= 4 is 44.7 Å². The zero-order valence-electron chi connectivity index (χ0n) is 21.0. The SMILES string of the molecule is CCC1CCC2(Nc3nc(NCc4cccs4)nc(C)c3-c3nc4ccccc4s3)OC(C)(C)OC12. The van der Waals surface area contributed by atoms with E-state index >= 15 is 0 Å². The number of hydrogen-bond donors (Lipinski definition) is 2. The molecule has 7 nitrogen and oxygen atoms in total. The number of aryl methyl sites for hydroxylation is 1. The summed E-state index contributed by atoms with van der Waals surface area (Å²) in [6, 6.07) is 12.4. The number of thiazole rings is 1. The maximum absolute atomic E-state index is 6.62. The lowest BCUT2D eigenvalue weighted by molar-refractivity contribution is -0.167. The van der Waals surface area contributed by atoms with Crippen LogP contribution in [0.4, 0.5) is 11.8 Å². The quantitative estimate of drug-likeness (QED) is 0.276. The van der Waals surface area contributed by atoms with Gasteiger partial charge in [0.2, 0.25) is 5.95 Å². The highest BCUT2D eigenvalue weighted by atomic mass is 32.1. The van der Waals surface area contributed by atoms with Crippen molar-refractivity contribution < 1.29 is 9.47 Å². The van der Waals surface area contributed by atoms with Crippen molar-refractivity contribution in [1.82, 2.24) is 15.0 Å². The topological polar surface area (TPSA) is 81.2 Å². The fraction of sp³-hybridized carbons (Fsp3) is 0.444. The first-order valence-electron chi connectivity index (χ1n) is 12.5. The summed E-state index contributed by atoms with van der Waals surface area (Å²) in [6.07, 6.45) is 2.92. The molecule has 1 aliphatic carbocycles. The summed E-state index contributed by atoms with van der Waals surface area (Å²) in [5.41, 5.74) is 2.13. The number of hydrogen-bond acceptors (Lipinski definition) is 9. The number of nitrogens with one attached hydrogen (secondary N) is 2. The predicted molar refractivity (Wildman–Crippen MR) is 146 cm³/mol. The molecule has 0 radical (unpaired) electrons. The van der Waals surface area contributed by atoms with Crippen molar-refractivity contribution in [2.75, 3.05) is 10.6 Å². The van der Waals surface area contributed by atoms with E-state index in [0.29, 0.717) is 18.4 Å². The van der Waals surface area contributed by atoms with Crippen LogP contribution in [0.15, 0.2) is 41.8 Å². The van der Waals surface area contributed by atoms with Crippen LogP contribution < -0.4 is 10.6 Å². The highest BCUT2D eigenvalue weighted by Gasteiger charge is 2.59. The van der Waals surface area contributed by atoms with E-state index in [2.05, 4.69) is 41.1 Å². The minimum atomic E-state index is -0.663. The van der Waals surface area contributed by atoms with Crippen molar-refractivity contribution in [1.29, 1.82) is 0 Å². The molecule has 1 aliphatic heterocycles. The number of anilines is 2. The molecule has 1 saturated heterocycles. The number of ether oxygens (including phenoxy) is 2. The van der Waals surface area contributed by atoms with E-state index in [-0.39, 0.29) is 6.10 Å². The Balaban J connectivity index is 1.43. The van der Waals surface area contributed by atoms with Crippen molar-refractivity contribution in [2.45, 2.75) is 71.1 Å². The van der Waals surface area contributed by atoms with Gasteiger partial charge in [0.1, 0.15) is 16.9 Å². The fourth-order valence-electron chi connectivity index (χ4n) is 5.48. The van der Waals surface area contributed by atoms with Crippen LogP contribution in [0.1, 0.15) is 50.6 Å². The highest BCUT2D eigenvalue weighted by Crippen LogP contribution is 2.51. The van der Waals surface area contributed by atoms with Gasteiger partial charge in [0.15, 0.2) is 11.5 Å². The highest BCUT2D eigenvalue weighted by molar-refractivity contribution is 7.21. The van der Waals surface area contributed by atoms with Gasteiger partial charge >= 0.3 is 0 Å². The van der Waals surface area contributed by atoms with E-state index in [1.807, 2.05) is 39.0 Å². The molecule has 3 unspecified atom stereocenters. The van der Waals surface area contributed by atoms with Crippen LogP contribution in [0.5, 0.6) is 0 Å². The normalized spacial score (nSPS) is 24.8. The van der Waals surface area contributed by atoms with Crippen molar-refractivity contribution in [2.24, 2.45) is 5.92 Å². The largest absolute Gasteiger partial charge is 0.349 e. The Morgan fingerprint density at radius 1 is 1.11 bits per heavy atom. The number of fused-ring (bicyclic) bond motifs is 2. The molecule has 2 fully saturated rings. The number of thiophene rings is 1. The van der Waals surface area contributed by atoms with Crippen LogP contribution in [0.3, 0.4) is 0 Å². The van der Waals surface area contributed by atoms with Gasteiger partial charge in [0, 0.05) is 4.88 Å². The lowest BCUT2D eigenvalue weighted by atomic mass is 10.0. The average molecular weight is 522 g/mol. The second-order valence-corrected chi connectivity index (χ2v) is 12.1.